The molecule has 1 heterocycles. The lowest BCUT2D eigenvalue weighted by atomic mass is 9.97. The van der Waals surface area contributed by atoms with Crippen LogP contribution in [-0.2, 0) is 6.67 Å². The molecule has 134 valence electrons. The molecule has 3 nitrogen and oxygen atoms in total. The summed E-state index contributed by atoms with van der Waals surface area (Å²) in [5, 5.41) is 0. The smallest absolute Gasteiger partial charge is 0.189 e. The number of methoxy groups -OCH3 is 1. The van der Waals surface area contributed by atoms with Crippen LogP contribution in [0.1, 0.15) is 40.9 Å². The van der Waals surface area contributed by atoms with Gasteiger partial charge in [0.25, 0.3) is 0 Å². The molecule has 2 aromatic carbocycles. The average Bonchev–Trinajstić information content (AvgIpc) is 2.64. The van der Waals surface area contributed by atoms with Crippen LogP contribution in [0.15, 0.2) is 48.6 Å². The van der Waals surface area contributed by atoms with Gasteiger partial charge in [0.15, 0.2) is 5.78 Å². The molecule has 0 fully saturated rings. The number of rotatable bonds is 5. The van der Waals surface area contributed by atoms with Crippen LogP contribution < -0.4 is 9.47 Å². The van der Waals surface area contributed by atoms with Gasteiger partial charge < -0.3 is 9.47 Å². The Labute approximate surface area is 152 Å². The SMILES string of the molecule is COc1ccc(C(=O)/C=C/c2ccc(CF)cc2)c2c1C=CC(C)(C)O2. The van der Waals surface area contributed by atoms with E-state index in [1.54, 1.807) is 49.6 Å². The molecule has 0 atom stereocenters. The van der Waals surface area contributed by atoms with Crippen LogP contribution in [0.25, 0.3) is 12.2 Å². The monoisotopic (exact) mass is 352 g/mol. The zero-order chi connectivity index (χ0) is 18.7. The summed E-state index contributed by atoms with van der Waals surface area (Å²) >= 11 is 0. The lowest BCUT2D eigenvalue weighted by Crippen LogP contribution is -2.28. The molecule has 1 aliphatic heterocycles. The summed E-state index contributed by atoms with van der Waals surface area (Å²) in [6, 6.07) is 10.5. The van der Waals surface area contributed by atoms with Crippen LogP contribution in [0.4, 0.5) is 4.39 Å². The van der Waals surface area contributed by atoms with Crippen molar-refractivity contribution in [1.29, 1.82) is 0 Å². The Kier molecular flexibility index (Phi) is 4.94. The van der Waals surface area contributed by atoms with E-state index in [2.05, 4.69) is 0 Å². The fraction of sp³-hybridized carbons (Fsp3) is 0.227. The number of allylic oxidation sites excluding steroid dienone is 1. The molecule has 0 unspecified atom stereocenters. The van der Waals surface area contributed by atoms with Crippen LogP contribution in [-0.4, -0.2) is 18.5 Å². The third kappa shape index (κ3) is 3.69. The number of carbonyl (C=O) groups excluding carboxylic acids is 1. The fourth-order valence-electron chi connectivity index (χ4n) is 2.78. The molecule has 0 aromatic heterocycles. The lowest BCUT2D eigenvalue weighted by molar-refractivity contribution is 0.103. The molecule has 0 aliphatic carbocycles. The van der Waals surface area contributed by atoms with E-state index in [9.17, 15) is 9.18 Å². The largest absolute Gasteiger partial charge is 0.496 e. The maximum absolute atomic E-state index is 12.7. The van der Waals surface area contributed by atoms with Gasteiger partial charge in [-0.25, -0.2) is 4.39 Å². The summed E-state index contributed by atoms with van der Waals surface area (Å²) in [6.45, 7) is 3.37. The van der Waals surface area contributed by atoms with Gasteiger partial charge >= 0.3 is 0 Å². The summed E-state index contributed by atoms with van der Waals surface area (Å²) in [5.74, 6) is 1.03. The van der Waals surface area contributed by atoms with Crippen molar-refractivity contribution in [3.05, 3.63) is 70.8 Å². The number of benzene rings is 2. The standard InChI is InChI=1S/C22H21FO3/c1-22(2)13-12-18-20(25-3)11-9-17(21(18)26-22)19(24)10-8-15-4-6-16(14-23)7-5-15/h4-13H,14H2,1-3H3/b10-8+. The molecule has 0 N–H and O–H groups in total. The number of ether oxygens (including phenoxy) is 2. The summed E-state index contributed by atoms with van der Waals surface area (Å²) < 4.78 is 24.0. The van der Waals surface area contributed by atoms with Crippen molar-refractivity contribution in [3.8, 4) is 11.5 Å². The summed E-state index contributed by atoms with van der Waals surface area (Å²) in [5.41, 5.74) is 2.19. The molecule has 0 radical (unpaired) electrons. The molecule has 0 amide bonds. The fourth-order valence-corrected chi connectivity index (χ4v) is 2.78. The Balaban J connectivity index is 1.92. The number of ketones is 1. The van der Waals surface area contributed by atoms with Gasteiger partial charge in [0.2, 0.25) is 0 Å². The van der Waals surface area contributed by atoms with Gasteiger partial charge in [-0.05, 0) is 55.3 Å². The molecule has 0 saturated heterocycles. The minimum Gasteiger partial charge on any atom is -0.496 e. The van der Waals surface area contributed by atoms with E-state index in [1.165, 1.54) is 6.08 Å². The first-order valence-corrected chi connectivity index (χ1v) is 8.40. The maximum Gasteiger partial charge on any atom is 0.189 e. The minimum atomic E-state index is -0.500. The molecule has 0 bridgehead atoms. The summed E-state index contributed by atoms with van der Waals surface area (Å²) in [6.07, 6.45) is 7.08. The highest BCUT2D eigenvalue weighted by Gasteiger charge is 2.27. The number of fused-ring (bicyclic) bond motifs is 1. The normalized spacial score (nSPS) is 14.8. The first kappa shape index (κ1) is 17.9. The maximum atomic E-state index is 12.7. The predicted molar refractivity (Wildman–Crippen MR) is 101 cm³/mol. The van der Waals surface area contributed by atoms with Crippen molar-refractivity contribution >= 4 is 17.9 Å². The summed E-state index contributed by atoms with van der Waals surface area (Å²) in [4.78, 5) is 12.7. The van der Waals surface area contributed by atoms with Crippen molar-refractivity contribution in [2.75, 3.05) is 7.11 Å². The zero-order valence-electron chi connectivity index (χ0n) is 15.1. The van der Waals surface area contributed by atoms with Crippen molar-refractivity contribution in [2.45, 2.75) is 26.1 Å². The van der Waals surface area contributed by atoms with E-state index in [1.807, 2.05) is 26.0 Å². The highest BCUT2D eigenvalue weighted by atomic mass is 19.1. The Morgan fingerprint density at radius 3 is 2.58 bits per heavy atom. The molecular formula is C22H21FO3. The molecule has 4 heteroatoms. The van der Waals surface area contributed by atoms with Gasteiger partial charge in [-0.15, -0.1) is 0 Å². The highest BCUT2D eigenvalue weighted by molar-refractivity contribution is 6.09. The number of carbonyl (C=O) groups is 1. The third-order valence-electron chi connectivity index (χ3n) is 4.22. The quantitative estimate of drug-likeness (QED) is 0.545. The molecule has 0 saturated carbocycles. The van der Waals surface area contributed by atoms with Gasteiger partial charge in [0, 0.05) is 0 Å². The van der Waals surface area contributed by atoms with Crippen molar-refractivity contribution in [2.24, 2.45) is 0 Å². The van der Waals surface area contributed by atoms with E-state index in [-0.39, 0.29) is 5.78 Å². The van der Waals surface area contributed by atoms with E-state index >= 15 is 0 Å². The first-order chi connectivity index (χ1) is 12.4. The van der Waals surface area contributed by atoms with E-state index < -0.39 is 12.3 Å². The van der Waals surface area contributed by atoms with Crippen molar-refractivity contribution in [3.63, 3.8) is 0 Å². The van der Waals surface area contributed by atoms with Crippen molar-refractivity contribution < 1.29 is 18.7 Å². The van der Waals surface area contributed by atoms with Crippen LogP contribution >= 0.6 is 0 Å². The van der Waals surface area contributed by atoms with Crippen molar-refractivity contribution in [1.82, 2.24) is 0 Å². The number of hydrogen-bond acceptors (Lipinski definition) is 3. The molecule has 26 heavy (non-hydrogen) atoms. The minimum absolute atomic E-state index is 0.162. The molecule has 0 spiro atoms. The van der Waals surface area contributed by atoms with Gasteiger partial charge in [-0.2, -0.15) is 0 Å². The third-order valence-corrected chi connectivity index (χ3v) is 4.22. The zero-order valence-corrected chi connectivity index (χ0v) is 15.1. The van der Waals surface area contributed by atoms with E-state index in [0.29, 0.717) is 22.6 Å². The molecule has 2 aromatic rings. The second-order valence-corrected chi connectivity index (χ2v) is 6.67. The Bertz CT molecular complexity index is 877. The van der Waals surface area contributed by atoms with E-state index in [4.69, 9.17) is 9.47 Å². The first-order valence-electron chi connectivity index (χ1n) is 8.40. The van der Waals surface area contributed by atoms with Crippen LogP contribution in [0.2, 0.25) is 0 Å². The topological polar surface area (TPSA) is 35.5 Å². The van der Waals surface area contributed by atoms with Crippen LogP contribution in [0.3, 0.4) is 0 Å². The lowest BCUT2D eigenvalue weighted by Gasteiger charge is -2.29. The van der Waals surface area contributed by atoms with E-state index in [0.717, 1.165) is 11.1 Å². The van der Waals surface area contributed by atoms with Gasteiger partial charge in [-0.1, -0.05) is 30.3 Å². The molecule has 3 rings (SSSR count). The summed E-state index contributed by atoms with van der Waals surface area (Å²) in [7, 11) is 1.59. The van der Waals surface area contributed by atoms with Crippen LogP contribution in [0, 0.1) is 0 Å². The Morgan fingerprint density at radius 2 is 1.92 bits per heavy atom. The average molecular weight is 352 g/mol. The molecular weight excluding hydrogens is 331 g/mol. The van der Waals surface area contributed by atoms with Gasteiger partial charge in [-0.3, -0.25) is 4.79 Å². The second kappa shape index (κ2) is 7.16. The van der Waals surface area contributed by atoms with Gasteiger partial charge in [0.1, 0.15) is 23.8 Å². The number of alkyl halides is 1. The predicted octanol–water partition coefficient (Wildman–Crippen LogP) is 5.25. The Morgan fingerprint density at radius 1 is 1.19 bits per heavy atom. The highest BCUT2D eigenvalue weighted by Crippen LogP contribution is 2.39. The number of hydrogen-bond donors (Lipinski definition) is 0. The molecule has 1 aliphatic rings. The second-order valence-electron chi connectivity index (χ2n) is 6.67. The number of halogens is 1. The Hall–Kier alpha value is -2.88. The van der Waals surface area contributed by atoms with Crippen LogP contribution in [0.5, 0.6) is 11.5 Å². The van der Waals surface area contributed by atoms with Gasteiger partial charge in [0.05, 0.1) is 18.2 Å².